The Kier molecular flexibility index (Phi) is 23.9. The highest BCUT2D eigenvalue weighted by Crippen LogP contribution is 2.36. The molecule has 27 nitrogen and oxygen atoms in total. The first-order valence-electron chi connectivity index (χ1n) is 27.0. The number of carboxylic acid groups (broad SMARTS) is 5. The first kappa shape index (κ1) is 65.8. The summed E-state index contributed by atoms with van der Waals surface area (Å²) in [5, 5.41) is 47.7. The summed E-state index contributed by atoms with van der Waals surface area (Å²) < 4.78 is 32.8. The molecule has 0 saturated carbocycles. The molecule has 0 atom stereocenters. The van der Waals surface area contributed by atoms with Gasteiger partial charge >= 0.3 is 29.8 Å². The molecule has 0 spiro atoms. The number of aliphatic carboxylic acids is 4. The maximum absolute atomic E-state index is 12.5. The SMILES string of the molecule is Nc1ccc(C#Cc2cc(CN3CCN(Cc4cc(C#Cc5c(OCC=O)cc(OCC(=O)O)cc5OCC(=O)O)cc(C=O)n4)CCN(Cc4cc(C#Cc5c(OCC(=O)O)cc(OCC=O)cc5OCC(=O)O)cc(C=O)n4)CC3)nc(C(=O)O)c2)cc1. The van der Waals surface area contributed by atoms with Crippen LogP contribution in [0.5, 0.6) is 34.5 Å². The topological polar surface area (TPSA) is 385 Å². The number of ether oxygens (including phenoxy) is 6. The van der Waals surface area contributed by atoms with E-state index < -0.39 is 69.5 Å². The van der Waals surface area contributed by atoms with Gasteiger partial charge in [0.1, 0.15) is 75.9 Å². The fourth-order valence-electron chi connectivity index (χ4n) is 8.64. The first-order valence-corrected chi connectivity index (χ1v) is 27.0. The van der Waals surface area contributed by atoms with Gasteiger partial charge in [-0.05, 0) is 60.7 Å². The molecule has 7 rings (SSSR count). The molecule has 6 aromatic rings. The highest BCUT2D eigenvalue weighted by molar-refractivity contribution is 5.86. The number of carbonyl (C=O) groups is 9. The van der Waals surface area contributed by atoms with Gasteiger partial charge in [0.2, 0.25) is 0 Å². The van der Waals surface area contributed by atoms with Crippen molar-refractivity contribution < 1.29 is 97.1 Å². The molecule has 0 unspecified atom stereocenters. The minimum Gasteiger partial charge on any atom is -0.486 e. The van der Waals surface area contributed by atoms with E-state index in [0.29, 0.717) is 98.3 Å². The Morgan fingerprint density at radius 2 is 0.789 bits per heavy atom. The van der Waals surface area contributed by atoms with E-state index in [-0.39, 0.29) is 93.5 Å². The van der Waals surface area contributed by atoms with Gasteiger partial charge in [-0.2, -0.15) is 0 Å². The highest BCUT2D eigenvalue weighted by Gasteiger charge is 2.22. The number of nitrogens with zero attached hydrogens (tertiary/aromatic N) is 6. The zero-order valence-electron chi connectivity index (χ0n) is 47.6. The van der Waals surface area contributed by atoms with Gasteiger partial charge in [-0.3, -0.25) is 33.9 Å². The smallest absolute Gasteiger partial charge is 0.354 e. The monoisotopic (exact) mass is 1230 g/mol. The van der Waals surface area contributed by atoms with Crippen LogP contribution in [-0.2, 0) is 48.4 Å². The molecule has 0 bridgehead atoms. The fraction of sp³-hybridized carbons (Fsp3) is 0.238. The third-order valence-corrected chi connectivity index (χ3v) is 12.5. The molecule has 4 heterocycles. The number of aromatic nitrogens is 3. The van der Waals surface area contributed by atoms with Crippen LogP contribution in [-0.4, -0.2) is 189 Å². The van der Waals surface area contributed by atoms with Crippen molar-refractivity contribution in [3.05, 3.63) is 152 Å². The molecule has 1 saturated heterocycles. The van der Waals surface area contributed by atoms with Gasteiger partial charge in [0, 0.05) is 111 Å². The molecule has 1 aliphatic rings. The summed E-state index contributed by atoms with van der Waals surface area (Å²) in [7, 11) is 0. The van der Waals surface area contributed by atoms with Gasteiger partial charge in [0.25, 0.3) is 0 Å². The van der Waals surface area contributed by atoms with E-state index in [4.69, 9.17) is 34.2 Å². The molecule has 27 heteroatoms. The Hall–Kier alpha value is -11.7. The molecule has 0 radical (unpaired) electrons. The van der Waals surface area contributed by atoms with E-state index in [1.54, 1.807) is 42.5 Å². The Labute approximate surface area is 512 Å². The summed E-state index contributed by atoms with van der Waals surface area (Å²) in [6, 6.07) is 20.9. The van der Waals surface area contributed by atoms with Crippen LogP contribution in [0.15, 0.2) is 84.9 Å². The average molecular weight is 1230 g/mol. The van der Waals surface area contributed by atoms with Crippen molar-refractivity contribution in [2.45, 2.75) is 19.6 Å². The van der Waals surface area contributed by atoms with Gasteiger partial charge in [-0.1, -0.05) is 35.5 Å². The molecule has 7 N–H and O–H groups in total. The van der Waals surface area contributed by atoms with Crippen LogP contribution in [0.4, 0.5) is 5.69 Å². The van der Waals surface area contributed by atoms with E-state index in [2.05, 4.69) is 65.2 Å². The van der Waals surface area contributed by atoms with Crippen molar-refractivity contribution in [3.8, 4) is 70.0 Å². The van der Waals surface area contributed by atoms with Crippen LogP contribution >= 0.6 is 0 Å². The molecule has 1 fully saturated rings. The number of nitrogens with two attached hydrogens (primary N) is 1. The quantitative estimate of drug-likeness (QED) is 0.0245. The molecule has 0 amide bonds. The summed E-state index contributed by atoms with van der Waals surface area (Å²) in [6.07, 6.45) is 1.95. The Bertz CT molecular complexity index is 3860. The lowest BCUT2D eigenvalue weighted by Gasteiger charge is -2.25. The minimum absolute atomic E-state index is 0.00474. The lowest BCUT2D eigenvalue weighted by atomic mass is 10.1. The predicted octanol–water partition coefficient (Wildman–Crippen LogP) is 2.81. The van der Waals surface area contributed by atoms with E-state index in [0.717, 1.165) is 0 Å². The zero-order valence-corrected chi connectivity index (χ0v) is 47.6. The second kappa shape index (κ2) is 32.7. The van der Waals surface area contributed by atoms with Crippen molar-refractivity contribution >= 4 is 60.7 Å². The van der Waals surface area contributed by atoms with Crippen LogP contribution < -0.4 is 34.2 Å². The average Bonchev–Trinajstić information content (AvgIpc) is 1.70. The van der Waals surface area contributed by atoms with E-state index in [9.17, 15) is 68.7 Å². The molecule has 90 heavy (non-hydrogen) atoms. The van der Waals surface area contributed by atoms with Gasteiger partial charge in [-0.15, -0.1) is 0 Å². The van der Waals surface area contributed by atoms with Crippen LogP contribution in [0.1, 0.15) is 81.9 Å². The molecular formula is C63H55N7O20. The normalized spacial score (nSPS) is 12.4. The minimum atomic E-state index is -1.36. The number of anilines is 1. The number of carbonyl (C=O) groups excluding carboxylic acids is 4. The van der Waals surface area contributed by atoms with Crippen molar-refractivity contribution in [3.63, 3.8) is 0 Å². The maximum Gasteiger partial charge on any atom is 0.354 e. The van der Waals surface area contributed by atoms with Crippen molar-refractivity contribution in [1.82, 2.24) is 29.7 Å². The van der Waals surface area contributed by atoms with Gasteiger partial charge in [-0.25, -0.2) is 38.9 Å². The Morgan fingerprint density at radius 1 is 0.433 bits per heavy atom. The Balaban J connectivity index is 1.24. The number of rotatable bonds is 27. The van der Waals surface area contributed by atoms with Gasteiger partial charge in [0.05, 0.1) is 17.1 Å². The predicted molar refractivity (Wildman–Crippen MR) is 314 cm³/mol. The third kappa shape index (κ3) is 20.8. The van der Waals surface area contributed by atoms with Gasteiger partial charge in [0.15, 0.2) is 51.6 Å². The zero-order chi connectivity index (χ0) is 64.5. The fourth-order valence-corrected chi connectivity index (χ4v) is 8.64. The lowest BCUT2D eigenvalue weighted by molar-refractivity contribution is -0.140. The Morgan fingerprint density at radius 3 is 1.19 bits per heavy atom. The van der Waals surface area contributed by atoms with Crippen molar-refractivity contribution in [2.75, 3.05) is 84.6 Å². The van der Waals surface area contributed by atoms with E-state index >= 15 is 0 Å². The number of carboxylic acids is 5. The number of benzene rings is 3. The summed E-state index contributed by atoms with van der Waals surface area (Å²) in [4.78, 5) is 126. The van der Waals surface area contributed by atoms with Crippen LogP contribution in [0.3, 0.4) is 0 Å². The second-order valence-corrected chi connectivity index (χ2v) is 19.3. The highest BCUT2D eigenvalue weighted by atomic mass is 16.5. The summed E-state index contributed by atoms with van der Waals surface area (Å²) >= 11 is 0. The third-order valence-electron chi connectivity index (χ3n) is 12.5. The molecular weight excluding hydrogens is 1170 g/mol. The lowest BCUT2D eigenvalue weighted by Crippen LogP contribution is -2.36. The second-order valence-electron chi connectivity index (χ2n) is 19.3. The van der Waals surface area contributed by atoms with E-state index in [1.807, 2.05) is 0 Å². The first-order chi connectivity index (χ1) is 43.3. The van der Waals surface area contributed by atoms with Crippen LogP contribution in [0.25, 0.3) is 0 Å². The largest absolute Gasteiger partial charge is 0.486 e. The molecule has 462 valence electrons. The molecule has 3 aromatic heterocycles. The molecule has 0 aliphatic carbocycles. The number of hydrogen-bond acceptors (Lipinski definition) is 22. The number of hydrogen-bond donors (Lipinski definition) is 6. The number of aromatic carboxylic acids is 1. The van der Waals surface area contributed by atoms with Crippen molar-refractivity contribution in [2.24, 2.45) is 0 Å². The molecule has 1 aliphatic heterocycles. The summed E-state index contributed by atoms with van der Waals surface area (Å²) in [6.45, 7) is -1.58. The standard InChI is InChI=1S/C63H55N7O20/c64-44-7-3-40(4-8-44)1-2-43-23-47(67-54(26-43)63(83)84)33-70-15-13-68(31-45-21-41(24-48(34-73)65-45)5-9-52-55(86-20-18-72)29-51(87-36-59(75)76)30-58(52)90-39-62(81)82)11-12-69(14-16-70)32-46-22-42(25-49(35-74)66-46)6-10-53-56(88-37-60(77)78)27-50(85-19-17-71)28-57(53)89-38-61(79)80/h3-4,7-8,17-18,21-30,34-35H,11-16,19-20,31-33,36-39,64H2,(H,75,76)(H,77,78)(H,79,80)(H,81,82)(H,83,84). The molecule has 3 aromatic carbocycles. The number of aldehydes is 4. The van der Waals surface area contributed by atoms with Crippen LogP contribution in [0, 0.1) is 35.5 Å². The van der Waals surface area contributed by atoms with Crippen molar-refractivity contribution in [1.29, 1.82) is 0 Å². The van der Waals surface area contributed by atoms with E-state index in [1.165, 1.54) is 42.5 Å². The van der Waals surface area contributed by atoms with Gasteiger partial charge < -0.3 is 59.7 Å². The summed E-state index contributed by atoms with van der Waals surface area (Å²) in [5.41, 5.74) is 8.75. The maximum atomic E-state index is 12.5. The number of pyridine rings is 3. The number of nitrogen functional groups attached to an aromatic ring is 1. The summed E-state index contributed by atoms with van der Waals surface area (Å²) in [5.74, 6) is 10.2. The van der Waals surface area contributed by atoms with Crippen LogP contribution in [0.2, 0.25) is 0 Å².